The maximum Gasteiger partial charge on any atom is 0.333 e. The third-order valence-corrected chi connectivity index (χ3v) is 3.52. The van der Waals surface area contributed by atoms with Crippen LogP contribution in [0.1, 0.15) is 59.8 Å². The van der Waals surface area contributed by atoms with E-state index in [2.05, 4.69) is 13.8 Å². The van der Waals surface area contributed by atoms with Crippen LogP contribution in [0, 0.1) is 11.8 Å². The third-order valence-electron chi connectivity index (χ3n) is 3.52. The van der Waals surface area contributed by atoms with E-state index >= 15 is 0 Å². The molecule has 0 saturated heterocycles. The third kappa shape index (κ3) is 8.04. The molecule has 19 heavy (non-hydrogen) atoms. The van der Waals surface area contributed by atoms with Gasteiger partial charge in [-0.3, -0.25) is 0 Å². The molecule has 0 amide bonds. The molecule has 0 aliphatic carbocycles. The average Bonchev–Trinajstić information content (AvgIpc) is 2.42. The second-order valence-corrected chi connectivity index (χ2v) is 5.30. The van der Waals surface area contributed by atoms with Gasteiger partial charge in [0.25, 0.3) is 0 Å². The van der Waals surface area contributed by atoms with E-state index in [1.165, 1.54) is 0 Å². The molecule has 0 aromatic carbocycles. The number of ether oxygens (including phenoxy) is 1. The van der Waals surface area contributed by atoms with Crippen molar-refractivity contribution in [1.29, 1.82) is 0 Å². The second-order valence-electron chi connectivity index (χ2n) is 5.30. The molecule has 0 radical (unpaired) electrons. The van der Waals surface area contributed by atoms with Crippen LogP contribution in [0.25, 0.3) is 0 Å². The molecule has 0 aliphatic heterocycles. The number of carbonyl (C=O) groups is 1. The SMILES string of the molecule is CC=C(C)C(=O)OCC(CCC)CC(CO)CCC. The van der Waals surface area contributed by atoms with E-state index in [0.717, 1.165) is 32.1 Å². The van der Waals surface area contributed by atoms with Crippen molar-refractivity contribution in [2.45, 2.75) is 59.8 Å². The van der Waals surface area contributed by atoms with Gasteiger partial charge >= 0.3 is 5.97 Å². The number of rotatable bonds is 10. The molecule has 3 heteroatoms. The summed E-state index contributed by atoms with van der Waals surface area (Å²) in [5.41, 5.74) is 0.655. The van der Waals surface area contributed by atoms with Crippen LogP contribution in [-0.2, 0) is 9.53 Å². The number of esters is 1. The van der Waals surface area contributed by atoms with Crippen molar-refractivity contribution in [3.05, 3.63) is 11.6 Å². The average molecular weight is 270 g/mol. The van der Waals surface area contributed by atoms with Crippen molar-refractivity contribution in [3.63, 3.8) is 0 Å². The van der Waals surface area contributed by atoms with Gasteiger partial charge in [0, 0.05) is 12.2 Å². The largest absolute Gasteiger partial charge is 0.462 e. The number of hydrogen-bond donors (Lipinski definition) is 1. The summed E-state index contributed by atoms with van der Waals surface area (Å²) in [6, 6.07) is 0. The minimum absolute atomic E-state index is 0.223. The van der Waals surface area contributed by atoms with Crippen molar-refractivity contribution >= 4 is 5.97 Å². The highest BCUT2D eigenvalue weighted by molar-refractivity contribution is 5.87. The summed E-state index contributed by atoms with van der Waals surface area (Å²) >= 11 is 0. The maximum atomic E-state index is 11.6. The lowest BCUT2D eigenvalue weighted by atomic mass is 9.89. The number of hydrogen-bond acceptors (Lipinski definition) is 3. The smallest absolute Gasteiger partial charge is 0.333 e. The first kappa shape index (κ1) is 18.2. The fourth-order valence-corrected chi connectivity index (χ4v) is 2.27. The van der Waals surface area contributed by atoms with Gasteiger partial charge in [0.15, 0.2) is 0 Å². The molecule has 2 unspecified atom stereocenters. The molecule has 3 nitrogen and oxygen atoms in total. The van der Waals surface area contributed by atoms with Gasteiger partial charge in [-0.1, -0.05) is 32.8 Å². The predicted octanol–water partition coefficient (Wildman–Crippen LogP) is 3.71. The molecule has 0 saturated carbocycles. The van der Waals surface area contributed by atoms with Gasteiger partial charge in [0.1, 0.15) is 0 Å². The van der Waals surface area contributed by atoms with E-state index in [9.17, 15) is 9.90 Å². The Bertz CT molecular complexity index is 271. The van der Waals surface area contributed by atoms with E-state index in [-0.39, 0.29) is 12.6 Å². The lowest BCUT2D eigenvalue weighted by Crippen LogP contribution is -2.19. The Labute approximate surface area is 118 Å². The molecule has 2 atom stereocenters. The van der Waals surface area contributed by atoms with Crippen LogP contribution >= 0.6 is 0 Å². The standard InChI is InChI=1S/C16H30O3/c1-5-8-14(11-17)10-15(9-6-2)12-19-16(18)13(4)7-3/h7,14-15,17H,5-6,8-12H2,1-4H3. The van der Waals surface area contributed by atoms with Crippen LogP contribution in [-0.4, -0.2) is 24.3 Å². The van der Waals surface area contributed by atoms with E-state index in [1.807, 2.05) is 6.92 Å². The Morgan fingerprint density at radius 3 is 2.26 bits per heavy atom. The molecule has 0 heterocycles. The summed E-state index contributed by atoms with van der Waals surface area (Å²) in [5.74, 6) is 0.477. The van der Waals surface area contributed by atoms with Crippen LogP contribution in [0.5, 0.6) is 0 Å². The highest BCUT2D eigenvalue weighted by atomic mass is 16.5. The summed E-state index contributed by atoms with van der Waals surface area (Å²) in [4.78, 5) is 11.6. The van der Waals surface area contributed by atoms with Crippen molar-refractivity contribution in [2.75, 3.05) is 13.2 Å². The van der Waals surface area contributed by atoms with Crippen LogP contribution in [0.4, 0.5) is 0 Å². The molecule has 0 rings (SSSR count). The molecule has 0 fully saturated rings. The van der Waals surface area contributed by atoms with Gasteiger partial charge < -0.3 is 9.84 Å². The van der Waals surface area contributed by atoms with Crippen LogP contribution in [0.2, 0.25) is 0 Å². The maximum absolute atomic E-state index is 11.6. The van der Waals surface area contributed by atoms with Crippen molar-refractivity contribution in [2.24, 2.45) is 11.8 Å². The molecule has 112 valence electrons. The second kappa shape index (κ2) is 11.0. The van der Waals surface area contributed by atoms with E-state index < -0.39 is 0 Å². The Morgan fingerprint density at radius 2 is 1.79 bits per heavy atom. The van der Waals surface area contributed by atoms with E-state index in [0.29, 0.717) is 24.0 Å². The molecule has 0 aromatic heterocycles. The highest BCUT2D eigenvalue weighted by Gasteiger charge is 2.17. The molecule has 0 bridgehead atoms. The minimum Gasteiger partial charge on any atom is -0.462 e. The molecule has 1 N–H and O–H groups in total. The zero-order valence-electron chi connectivity index (χ0n) is 12.9. The van der Waals surface area contributed by atoms with Gasteiger partial charge in [-0.2, -0.15) is 0 Å². The summed E-state index contributed by atoms with van der Waals surface area (Å²) in [6.45, 7) is 8.58. The van der Waals surface area contributed by atoms with E-state index in [4.69, 9.17) is 4.74 Å². The first-order valence-electron chi connectivity index (χ1n) is 7.49. The molecular weight excluding hydrogens is 240 g/mol. The highest BCUT2D eigenvalue weighted by Crippen LogP contribution is 2.21. The van der Waals surface area contributed by atoms with Gasteiger partial charge in [-0.15, -0.1) is 0 Å². The quantitative estimate of drug-likeness (QED) is 0.486. The Hall–Kier alpha value is -0.830. The normalized spacial score (nSPS) is 15.1. The Kier molecular flexibility index (Phi) is 10.6. The van der Waals surface area contributed by atoms with Gasteiger partial charge in [-0.25, -0.2) is 4.79 Å². The summed E-state index contributed by atoms with van der Waals surface area (Å²) in [6.07, 6.45) is 6.96. The topological polar surface area (TPSA) is 46.5 Å². The lowest BCUT2D eigenvalue weighted by molar-refractivity contribution is -0.140. The monoisotopic (exact) mass is 270 g/mol. The molecule has 0 aromatic rings. The summed E-state index contributed by atoms with van der Waals surface area (Å²) < 4.78 is 5.34. The molecule has 0 aliphatic rings. The Balaban J connectivity index is 4.28. The van der Waals surface area contributed by atoms with Gasteiger partial charge in [0.05, 0.1) is 6.61 Å². The molecule has 0 spiro atoms. The van der Waals surface area contributed by atoms with Crippen molar-refractivity contribution < 1.29 is 14.6 Å². The number of carbonyl (C=O) groups excluding carboxylic acids is 1. The minimum atomic E-state index is -0.223. The predicted molar refractivity (Wildman–Crippen MR) is 78.9 cm³/mol. The summed E-state index contributed by atoms with van der Waals surface area (Å²) in [5, 5.41) is 9.36. The first-order valence-corrected chi connectivity index (χ1v) is 7.49. The van der Waals surface area contributed by atoms with Crippen LogP contribution in [0.3, 0.4) is 0 Å². The zero-order chi connectivity index (χ0) is 14.7. The van der Waals surface area contributed by atoms with E-state index in [1.54, 1.807) is 13.0 Å². The fraction of sp³-hybridized carbons (Fsp3) is 0.812. The number of aliphatic hydroxyl groups excluding tert-OH is 1. The van der Waals surface area contributed by atoms with Crippen LogP contribution in [0.15, 0.2) is 11.6 Å². The fourth-order valence-electron chi connectivity index (χ4n) is 2.27. The zero-order valence-corrected chi connectivity index (χ0v) is 12.9. The van der Waals surface area contributed by atoms with Crippen LogP contribution < -0.4 is 0 Å². The first-order chi connectivity index (χ1) is 9.08. The lowest BCUT2D eigenvalue weighted by Gasteiger charge is -2.21. The number of aliphatic hydroxyl groups is 1. The molecular formula is C16H30O3. The Morgan fingerprint density at radius 1 is 1.21 bits per heavy atom. The van der Waals surface area contributed by atoms with Gasteiger partial charge in [0.2, 0.25) is 0 Å². The van der Waals surface area contributed by atoms with Crippen molar-refractivity contribution in [1.82, 2.24) is 0 Å². The summed E-state index contributed by atoms with van der Waals surface area (Å²) in [7, 11) is 0. The van der Waals surface area contributed by atoms with Crippen molar-refractivity contribution in [3.8, 4) is 0 Å². The number of allylic oxidation sites excluding steroid dienone is 1. The van der Waals surface area contributed by atoms with Gasteiger partial charge in [-0.05, 0) is 44.9 Å².